The summed E-state index contributed by atoms with van der Waals surface area (Å²) in [5, 5.41) is 11.9. The van der Waals surface area contributed by atoms with Crippen LogP contribution in [0.3, 0.4) is 0 Å². The molecule has 10 rings (SSSR count). The molecule has 0 spiro atoms. The second-order valence-corrected chi connectivity index (χ2v) is 14.6. The standard InChI is InChI=1S/C50H33N5/c1-50(2)42-25-31(30-51)21-23-38(42)39-24-22-34(29-43(39)50)35-26-36(46-40-17-9-11-19-44(40)52-45-20-12-10-18-41(45)46)28-37(27-35)49-54-47(32-13-5-3-6-14-32)53-48(55-49)33-15-7-4-8-16-33/h3-29H,1-2H3. The average molecular weight is 704 g/mol. The molecule has 5 nitrogen and oxygen atoms in total. The van der Waals surface area contributed by atoms with Crippen LogP contribution in [0.25, 0.3) is 89.4 Å². The maximum absolute atomic E-state index is 9.72. The number of para-hydroxylation sites is 2. The van der Waals surface area contributed by atoms with Crippen LogP contribution in [0.4, 0.5) is 0 Å². The number of aromatic nitrogens is 4. The van der Waals surface area contributed by atoms with Gasteiger partial charge in [0.25, 0.3) is 0 Å². The van der Waals surface area contributed by atoms with E-state index in [0.717, 1.165) is 60.8 Å². The number of rotatable bonds is 5. The van der Waals surface area contributed by atoms with E-state index in [1.807, 2.05) is 84.9 Å². The van der Waals surface area contributed by atoms with Gasteiger partial charge in [-0.1, -0.05) is 129 Å². The fourth-order valence-electron chi connectivity index (χ4n) is 8.14. The maximum Gasteiger partial charge on any atom is 0.164 e. The number of hydrogen-bond donors (Lipinski definition) is 0. The minimum Gasteiger partial charge on any atom is -0.248 e. The molecule has 9 aromatic rings. The lowest BCUT2D eigenvalue weighted by molar-refractivity contribution is 0.660. The van der Waals surface area contributed by atoms with E-state index < -0.39 is 0 Å². The largest absolute Gasteiger partial charge is 0.248 e. The Balaban J connectivity index is 1.24. The molecule has 0 saturated carbocycles. The number of nitriles is 1. The fourth-order valence-corrected chi connectivity index (χ4v) is 8.14. The van der Waals surface area contributed by atoms with Gasteiger partial charge in [-0.25, -0.2) is 19.9 Å². The third kappa shape index (κ3) is 5.47. The highest BCUT2D eigenvalue weighted by molar-refractivity contribution is 6.10. The van der Waals surface area contributed by atoms with Crippen LogP contribution in [0.15, 0.2) is 164 Å². The lowest BCUT2D eigenvalue weighted by atomic mass is 9.81. The molecular formula is C50H33N5. The number of pyridine rings is 1. The molecule has 0 radical (unpaired) electrons. The van der Waals surface area contributed by atoms with Crippen LogP contribution < -0.4 is 0 Å². The molecule has 55 heavy (non-hydrogen) atoms. The first-order chi connectivity index (χ1) is 26.9. The maximum atomic E-state index is 9.72. The lowest BCUT2D eigenvalue weighted by Crippen LogP contribution is -2.15. The highest BCUT2D eigenvalue weighted by Gasteiger charge is 2.36. The van der Waals surface area contributed by atoms with E-state index >= 15 is 0 Å². The first-order valence-corrected chi connectivity index (χ1v) is 18.4. The van der Waals surface area contributed by atoms with E-state index in [2.05, 4.69) is 98.8 Å². The molecule has 0 fully saturated rings. The van der Waals surface area contributed by atoms with Crippen molar-refractivity contribution >= 4 is 21.8 Å². The zero-order chi connectivity index (χ0) is 37.1. The summed E-state index contributed by atoms with van der Waals surface area (Å²) in [6, 6.07) is 58.8. The molecule has 0 aliphatic heterocycles. The summed E-state index contributed by atoms with van der Waals surface area (Å²) in [5.74, 6) is 1.83. The zero-order valence-electron chi connectivity index (χ0n) is 30.3. The van der Waals surface area contributed by atoms with Gasteiger partial charge in [0, 0.05) is 38.4 Å². The Morgan fingerprint density at radius 3 is 1.51 bits per heavy atom. The van der Waals surface area contributed by atoms with Crippen molar-refractivity contribution < 1.29 is 0 Å². The van der Waals surface area contributed by atoms with Gasteiger partial charge in [0.2, 0.25) is 0 Å². The fraction of sp³-hybridized carbons (Fsp3) is 0.0600. The zero-order valence-corrected chi connectivity index (χ0v) is 30.3. The molecule has 0 N–H and O–H groups in total. The van der Waals surface area contributed by atoms with Crippen molar-refractivity contribution in [1.82, 2.24) is 19.9 Å². The third-order valence-corrected chi connectivity index (χ3v) is 10.9. The van der Waals surface area contributed by atoms with Crippen LogP contribution in [-0.4, -0.2) is 19.9 Å². The van der Waals surface area contributed by atoms with Gasteiger partial charge >= 0.3 is 0 Å². The van der Waals surface area contributed by atoms with Gasteiger partial charge in [-0.2, -0.15) is 5.26 Å². The molecule has 1 aliphatic carbocycles. The number of hydrogen-bond acceptors (Lipinski definition) is 5. The molecule has 0 atom stereocenters. The summed E-state index contributed by atoms with van der Waals surface area (Å²) in [5.41, 5.74) is 14.1. The minimum atomic E-state index is -0.283. The SMILES string of the molecule is CC1(C)c2cc(C#N)ccc2-c2ccc(-c3cc(-c4nc(-c5ccccc5)nc(-c5ccccc5)n4)cc(-c4c5ccccc5nc5ccccc45)c3)cc21. The Labute approximate surface area is 319 Å². The normalized spacial score (nSPS) is 12.7. The molecule has 0 amide bonds. The van der Waals surface area contributed by atoms with Crippen LogP contribution in [0.2, 0.25) is 0 Å². The van der Waals surface area contributed by atoms with Gasteiger partial charge in [-0.15, -0.1) is 0 Å². The van der Waals surface area contributed by atoms with Crippen molar-refractivity contribution in [2.24, 2.45) is 0 Å². The predicted octanol–water partition coefficient (Wildman–Crippen LogP) is 12.1. The summed E-state index contributed by atoms with van der Waals surface area (Å²) < 4.78 is 0. The van der Waals surface area contributed by atoms with Gasteiger partial charge in [0.1, 0.15) is 0 Å². The van der Waals surface area contributed by atoms with E-state index in [9.17, 15) is 5.26 Å². The van der Waals surface area contributed by atoms with Crippen LogP contribution >= 0.6 is 0 Å². The van der Waals surface area contributed by atoms with Gasteiger partial charge in [0.05, 0.1) is 22.7 Å². The van der Waals surface area contributed by atoms with Gasteiger partial charge in [-0.05, 0) is 87.5 Å². The van der Waals surface area contributed by atoms with Crippen molar-refractivity contribution in [2.75, 3.05) is 0 Å². The van der Waals surface area contributed by atoms with Gasteiger partial charge < -0.3 is 0 Å². The second kappa shape index (κ2) is 12.7. The Hall–Kier alpha value is -7.29. The van der Waals surface area contributed by atoms with E-state index in [0.29, 0.717) is 23.0 Å². The summed E-state index contributed by atoms with van der Waals surface area (Å²) in [6.45, 7) is 4.50. The highest BCUT2D eigenvalue weighted by Crippen LogP contribution is 2.50. The average Bonchev–Trinajstić information content (AvgIpc) is 3.47. The number of fused-ring (bicyclic) bond motifs is 5. The Kier molecular flexibility index (Phi) is 7.47. The first-order valence-electron chi connectivity index (χ1n) is 18.4. The van der Waals surface area contributed by atoms with E-state index in [1.54, 1.807) is 0 Å². The molecule has 0 unspecified atom stereocenters. The molecule has 0 bridgehead atoms. The summed E-state index contributed by atoms with van der Waals surface area (Å²) in [6.07, 6.45) is 0. The molecule has 5 heteroatoms. The minimum absolute atomic E-state index is 0.283. The van der Waals surface area contributed by atoms with E-state index in [4.69, 9.17) is 19.9 Å². The Morgan fingerprint density at radius 2 is 0.909 bits per heavy atom. The monoisotopic (exact) mass is 703 g/mol. The summed E-state index contributed by atoms with van der Waals surface area (Å²) >= 11 is 0. The number of benzene rings is 7. The van der Waals surface area contributed by atoms with Crippen LogP contribution in [0, 0.1) is 11.3 Å². The second-order valence-electron chi connectivity index (χ2n) is 14.6. The molecular weight excluding hydrogens is 671 g/mol. The van der Waals surface area contributed by atoms with Crippen molar-refractivity contribution in [3.63, 3.8) is 0 Å². The van der Waals surface area contributed by atoms with E-state index in [1.165, 1.54) is 22.3 Å². The molecule has 7 aromatic carbocycles. The molecule has 0 saturated heterocycles. The molecule has 258 valence electrons. The molecule has 2 aromatic heterocycles. The van der Waals surface area contributed by atoms with Crippen molar-refractivity contribution in [2.45, 2.75) is 19.3 Å². The Morgan fingerprint density at radius 1 is 0.418 bits per heavy atom. The summed E-state index contributed by atoms with van der Waals surface area (Å²) in [4.78, 5) is 20.3. The van der Waals surface area contributed by atoms with Crippen LogP contribution in [-0.2, 0) is 5.41 Å². The van der Waals surface area contributed by atoms with Crippen molar-refractivity contribution in [1.29, 1.82) is 5.26 Å². The molecule has 2 heterocycles. The first kappa shape index (κ1) is 32.4. The van der Waals surface area contributed by atoms with Crippen LogP contribution in [0.1, 0.15) is 30.5 Å². The topological polar surface area (TPSA) is 75.3 Å². The quantitative estimate of drug-likeness (QED) is 0.167. The summed E-state index contributed by atoms with van der Waals surface area (Å²) in [7, 11) is 0. The van der Waals surface area contributed by atoms with Crippen molar-refractivity contribution in [3.8, 4) is 73.6 Å². The predicted molar refractivity (Wildman–Crippen MR) is 222 cm³/mol. The number of nitrogens with zero attached hydrogens (tertiary/aromatic N) is 5. The van der Waals surface area contributed by atoms with Crippen LogP contribution in [0.5, 0.6) is 0 Å². The highest BCUT2D eigenvalue weighted by atomic mass is 15.0. The third-order valence-electron chi connectivity index (χ3n) is 10.9. The molecule has 1 aliphatic rings. The van der Waals surface area contributed by atoms with Gasteiger partial charge in [0.15, 0.2) is 17.5 Å². The smallest absolute Gasteiger partial charge is 0.164 e. The Bertz CT molecular complexity index is 2900. The van der Waals surface area contributed by atoms with Crippen molar-refractivity contribution in [3.05, 3.63) is 180 Å². The lowest BCUT2D eigenvalue weighted by Gasteiger charge is -2.22. The van der Waals surface area contributed by atoms with E-state index in [-0.39, 0.29) is 5.41 Å². The van der Waals surface area contributed by atoms with Gasteiger partial charge in [-0.3, -0.25) is 0 Å².